The molecule has 2 fully saturated rings. The molecule has 10 nitrogen and oxygen atoms in total. The van der Waals surface area contributed by atoms with Gasteiger partial charge in [-0.1, -0.05) is 24.3 Å². The maximum atomic E-state index is 10.1. The molecule has 8 rings (SSSR count). The number of aliphatic hydroxyl groups is 1. The van der Waals surface area contributed by atoms with E-state index in [1.807, 2.05) is 36.7 Å². The van der Waals surface area contributed by atoms with Crippen molar-refractivity contribution in [3.05, 3.63) is 101 Å². The van der Waals surface area contributed by atoms with Gasteiger partial charge in [0.05, 0.1) is 18.3 Å². The molecule has 0 radical (unpaired) electrons. The van der Waals surface area contributed by atoms with Gasteiger partial charge in [0.2, 0.25) is 5.89 Å². The van der Waals surface area contributed by atoms with Crippen molar-refractivity contribution in [1.29, 1.82) is 5.26 Å². The lowest BCUT2D eigenvalue weighted by Gasteiger charge is -2.17. The first kappa shape index (κ1) is 33.9. The lowest BCUT2D eigenvalue weighted by atomic mass is 9.93. The van der Waals surface area contributed by atoms with Gasteiger partial charge < -0.3 is 19.6 Å². The van der Waals surface area contributed by atoms with Crippen molar-refractivity contribution in [2.45, 2.75) is 45.9 Å². The summed E-state index contributed by atoms with van der Waals surface area (Å²) in [6.07, 6.45) is 5.42. The van der Waals surface area contributed by atoms with Crippen LogP contribution in [0.25, 0.3) is 44.6 Å². The van der Waals surface area contributed by atoms with E-state index in [-0.39, 0.29) is 6.10 Å². The lowest BCUT2D eigenvalue weighted by Crippen LogP contribution is -2.21. The Kier molecular flexibility index (Phi) is 9.43. The van der Waals surface area contributed by atoms with Crippen molar-refractivity contribution in [2.75, 3.05) is 45.2 Å². The van der Waals surface area contributed by atoms with Crippen molar-refractivity contribution in [3.8, 4) is 28.7 Å². The average molecular weight is 694 g/mol. The maximum absolute atomic E-state index is 10.1. The fourth-order valence-corrected chi connectivity index (χ4v) is 7.91. The third kappa shape index (κ3) is 6.76. The molecule has 0 aliphatic carbocycles. The third-order valence-electron chi connectivity index (χ3n) is 10.6. The quantitative estimate of drug-likeness (QED) is 0.150. The highest BCUT2D eigenvalue weighted by molar-refractivity contribution is 5.91. The number of fused-ring (bicyclic) bond motifs is 2. The van der Waals surface area contributed by atoms with Crippen LogP contribution in [-0.4, -0.2) is 75.9 Å². The second-order valence-electron chi connectivity index (χ2n) is 14.3. The van der Waals surface area contributed by atoms with E-state index in [1.54, 1.807) is 7.11 Å². The molecule has 2 aliphatic rings. The molecule has 10 heteroatoms. The van der Waals surface area contributed by atoms with Crippen LogP contribution in [0, 0.1) is 31.1 Å². The zero-order chi connectivity index (χ0) is 35.8. The van der Waals surface area contributed by atoms with Crippen LogP contribution in [0.15, 0.2) is 77.5 Å². The first-order chi connectivity index (χ1) is 25.4. The summed E-state index contributed by atoms with van der Waals surface area (Å²) in [4.78, 5) is 19.1. The summed E-state index contributed by atoms with van der Waals surface area (Å²) in [6.45, 7) is 10.1. The molecule has 2 saturated heterocycles. The topological polar surface area (TPSA) is 124 Å². The number of hydrogen-bond acceptors (Lipinski definition) is 10. The average Bonchev–Trinajstić information content (AvgIpc) is 3.89. The molecule has 0 bridgehead atoms. The molecule has 3 aromatic carbocycles. The number of β-amino-alcohol motifs (C(OH)–C–C–N with tert-alkyl or cyclic N) is 1. The molecule has 0 saturated carbocycles. The molecule has 2 atom stereocenters. The Balaban J connectivity index is 1.06. The summed E-state index contributed by atoms with van der Waals surface area (Å²) < 4.78 is 11.7. The minimum Gasteiger partial charge on any atom is -0.435 e. The van der Waals surface area contributed by atoms with E-state index in [9.17, 15) is 10.4 Å². The number of nitriles is 1. The number of hydrogen-bond donors (Lipinski definition) is 2. The summed E-state index contributed by atoms with van der Waals surface area (Å²) in [6, 6.07) is 22.9. The summed E-state index contributed by atoms with van der Waals surface area (Å²) in [7, 11) is 1.76. The number of nitrogens with zero attached hydrogens (tertiary/aromatic N) is 6. The smallest absolute Gasteiger partial charge is 0.227 e. The highest BCUT2D eigenvalue weighted by atomic mass is 16.5. The number of anilines is 2. The van der Waals surface area contributed by atoms with Crippen molar-refractivity contribution in [3.63, 3.8) is 0 Å². The Hall–Kier alpha value is -5.18. The molecular weight excluding hydrogens is 651 g/mol. The number of aromatic nitrogens is 3. The third-order valence-corrected chi connectivity index (χ3v) is 10.6. The van der Waals surface area contributed by atoms with Gasteiger partial charge in [-0.2, -0.15) is 5.26 Å². The SMILES string of the molecule is COCC1CCN(Cc2cc(C#N)c3oc(-c4cccc(-c5cccc(Nc6nccc7cc(CN8CC[C@@H](O)C8)cnc67)c5C)c4C)nc3c2)C1. The van der Waals surface area contributed by atoms with Crippen molar-refractivity contribution in [1.82, 2.24) is 24.8 Å². The van der Waals surface area contributed by atoms with E-state index >= 15 is 0 Å². The summed E-state index contributed by atoms with van der Waals surface area (Å²) in [5.41, 5.74) is 10.8. The van der Waals surface area contributed by atoms with E-state index in [1.165, 1.54) is 0 Å². The fraction of sp³-hybridized carbons (Fsp3) is 0.333. The van der Waals surface area contributed by atoms with E-state index in [4.69, 9.17) is 19.1 Å². The molecule has 1 unspecified atom stereocenters. The first-order valence-corrected chi connectivity index (χ1v) is 18.0. The minimum absolute atomic E-state index is 0.243. The molecule has 5 heterocycles. The number of pyridine rings is 2. The molecule has 0 amide bonds. The summed E-state index contributed by atoms with van der Waals surface area (Å²) >= 11 is 0. The van der Waals surface area contributed by atoms with Gasteiger partial charge in [0.15, 0.2) is 11.4 Å². The first-order valence-electron chi connectivity index (χ1n) is 18.0. The van der Waals surface area contributed by atoms with Crippen molar-refractivity contribution < 1.29 is 14.3 Å². The van der Waals surface area contributed by atoms with Gasteiger partial charge in [-0.25, -0.2) is 9.97 Å². The molecule has 0 spiro atoms. The van der Waals surface area contributed by atoms with Crippen LogP contribution in [0.5, 0.6) is 0 Å². The number of rotatable bonds is 10. The fourth-order valence-electron chi connectivity index (χ4n) is 7.91. The number of ether oxygens (including phenoxy) is 1. The number of likely N-dealkylation sites (tertiary alicyclic amines) is 2. The number of methoxy groups -OCH3 is 1. The Labute approximate surface area is 303 Å². The molecular formula is C42H43N7O3. The maximum Gasteiger partial charge on any atom is 0.227 e. The van der Waals surface area contributed by atoms with Crippen LogP contribution in [0.3, 0.4) is 0 Å². The van der Waals surface area contributed by atoms with E-state index in [2.05, 4.69) is 76.4 Å². The van der Waals surface area contributed by atoms with E-state index in [0.717, 1.165) is 108 Å². The predicted molar refractivity (Wildman–Crippen MR) is 203 cm³/mol. The lowest BCUT2D eigenvalue weighted by molar-refractivity contribution is 0.152. The molecule has 3 aromatic heterocycles. The Morgan fingerprint density at radius 3 is 2.50 bits per heavy atom. The second-order valence-corrected chi connectivity index (χ2v) is 14.3. The summed E-state index contributed by atoms with van der Waals surface area (Å²) in [5.74, 6) is 1.74. The van der Waals surface area contributed by atoms with Crippen LogP contribution in [0.1, 0.15) is 40.7 Å². The molecule has 264 valence electrons. The van der Waals surface area contributed by atoms with Crippen molar-refractivity contribution >= 4 is 33.5 Å². The van der Waals surface area contributed by atoms with Gasteiger partial charge >= 0.3 is 0 Å². The molecule has 6 aromatic rings. The predicted octanol–water partition coefficient (Wildman–Crippen LogP) is 7.37. The number of aliphatic hydroxyl groups excluding tert-OH is 1. The van der Waals surface area contributed by atoms with E-state index < -0.39 is 0 Å². The Bertz CT molecular complexity index is 2310. The van der Waals surface area contributed by atoms with Crippen molar-refractivity contribution in [2.24, 2.45) is 5.92 Å². The van der Waals surface area contributed by atoms with Gasteiger partial charge in [0.25, 0.3) is 0 Å². The van der Waals surface area contributed by atoms with E-state index in [0.29, 0.717) is 40.8 Å². The molecule has 2 N–H and O–H groups in total. The monoisotopic (exact) mass is 693 g/mol. The zero-order valence-electron chi connectivity index (χ0n) is 29.9. The van der Waals surface area contributed by atoms with Gasteiger partial charge in [0, 0.05) is 68.9 Å². The Morgan fingerprint density at radius 2 is 1.69 bits per heavy atom. The van der Waals surface area contributed by atoms with Gasteiger partial charge in [-0.05, 0) is 109 Å². The van der Waals surface area contributed by atoms with Crippen LogP contribution in [0.4, 0.5) is 11.5 Å². The Morgan fingerprint density at radius 1 is 0.923 bits per heavy atom. The molecule has 52 heavy (non-hydrogen) atoms. The van der Waals surface area contributed by atoms with Gasteiger partial charge in [-0.3, -0.25) is 14.8 Å². The number of benzene rings is 3. The van der Waals surface area contributed by atoms with Crippen LogP contribution in [-0.2, 0) is 17.8 Å². The van der Waals surface area contributed by atoms with Crippen LogP contribution >= 0.6 is 0 Å². The highest BCUT2D eigenvalue weighted by Gasteiger charge is 2.24. The van der Waals surface area contributed by atoms with Crippen LogP contribution in [0.2, 0.25) is 0 Å². The number of nitrogens with one attached hydrogen (secondary N) is 1. The zero-order valence-corrected chi connectivity index (χ0v) is 29.9. The van der Waals surface area contributed by atoms with Gasteiger partial charge in [0.1, 0.15) is 17.1 Å². The second kappa shape index (κ2) is 14.4. The van der Waals surface area contributed by atoms with Gasteiger partial charge in [-0.15, -0.1) is 0 Å². The minimum atomic E-state index is -0.243. The standard InChI is InChI=1S/C42H43N7O3/c1-26-34(6-4-8-36(26)42-47-38-18-29(16-32(19-43)40(38)52-42)22-48-14-11-28(21-48)25-51-3)35-7-5-9-37(27(35)2)46-41-39-31(10-13-44-41)17-30(20-45-39)23-49-15-12-33(50)24-49/h4-10,13,16-18,20,28,33,50H,11-12,14-15,21-25H2,1-3H3,(H,44,46)/t28?,33-/m1/s1. The molecule has 2 aliphatic heterocycles. The van der Waals surface area contributed by atoms with Crippen LogP contribution < -0.4 is 5.32 Å². The highest BCUT2D eigenvalue weighted by Crippen LogP contribution is 2.38. The largest absolute Gasteiger partial charge is 0.435 e. The normalized spacial score (nSPS) is 18.1. The number of oxazole rings is 1. The summed E-state index contributed by atoms with van der Waals surface area (Å²) in [5, 5.41) is 24.6.